The Morgan fingerprint density at radius 3 is 2.54 bits per heavy atom. The van der Waals surface area contributed by atoms with Crippen LogP contribution < -0.4 is 0 Å². The molecule has 24 heavy (non-hydrogen) atoms. The molecule has 0 saturated heterocycles. The highest BCUT2D eigenvalue weighted by atomic mass is 19.1. The topological polar surface area (TPSA) is 52.6 Å². The molecule has 4 nitrogen and oxygen atoms in total. The Labute approximate surface area is 139 Å². The van der Waals surface area contributed by atoms with Gasteiger partial charge in [0.25, 0.3) is 0 Å². The van der Waals surface area contributed by atoms with Gasteiger partial charge in [-0.1, -0.05) is 55.1 Å². The molecule has 0 spiro atoms. The monoisotopic (exact) mass is 328 g/mol. The van der Waals surface area contributed by atoms with E-state index in [2.05, 4.69) is 16.1 Å². The van der Waals surface area contributed by atoms with Gasteiger partial charge in [-0.25, -0.2) is 9.18 Å². The molecule has 0 radical (unpaired) electrons. The number of ether oxygens (including phenoxy) is 2. The number of carbonyl (C=O) groups is 2. The minimum atomic E-state index is -1.10. The zero-order valence-corrected chi connectivity index (χ0v) is 13.2. The van der Waals surface area contributed by atoms with E-state index in [1.54, 1.807) is 24.3 Å². The predicted octanol–water partition coefficient (Wildman–Crippen LogP) is 4.46. The Balaban J connectivity index is 2.12. The molecule has 1 unspecified atom stereocenters. The molecule has 0 aliphatic rings. The molecule has 0 amide bonds. The van der Waals surface area contributed by atoms with Crippen molar-refractivity contribution < 1.29 is 23.5 Å². The fourth-order valence-corrected chi connectivity index (χ4v) is 2.12. The molecule has 0 bridgehead atoms. The second-order valence-corrected chi connectivity index (χ2v) is 5.10. The molecule has 2 rings (SSSR count). The largest absolute Gasteiger partial charge is 0.516 e. The highest BCUT2D eigenvalue weighted by Crippen LogP contribution is 2.26. The third kappa shape index (κ3) is 4.29. The Kier molecular flexibility index (Phi) is 5.84. The number of rotatable bonds is 5. The van der Waals surface area contributed by atoms with E-state index in [1.807, 2.05) is 18.2 Å². The molecule has 0 aliphatic heterocycles. The molecule has 0 aliphatic carbocycles. The van der Waals surface area contributed by atoms with Crippen molar-refractivity contribution in [3.8, 4) is 11.1 Å². The molecule has 0 fully saturated rings. The van der Waals surface area contributed by atoms with Crippen LogP contribution in [0.2, 0.25) is 0 Å². The molecule has 0 N–H and O–H groups in total. The van der Waals surface area contributed by atoms with Gasteiger partial charge in [0.15, 0.2) is 0 Å². The molecule has 0 aromatic heterocycles. The Hall–Kier alpha value is -2.95. The van der Waals surface area contributed by atoms with E-state index in [0.29, 0.717) is 11.1 Å². The van der Waals surface area contributed by atoms with Crippen molar-refractivity contribution in [1.29, 1.82) is 0 Å². The Morgan fingerprint density at radius 2 is 1.92 bits per heavy atom. The second kappa shape index (κ2) is 8.06. The summed E-state index contributed by atoms with van der Waals surface area (Å²) in [5.74, 6) is -2.07. The maximum Gasteiger partial charge on any atom is 0.516 e. The number of halogens is 1. The second-order valence-electron chi connectivity index (χ2n) is 5.10. The van der Waals surface area contributed by atoms with Crippen LogP contribution in [0.25, 0.3) is 11.1 Å². The van der Waals surface area contributed by atoms with Gasteiger partial charge in [-0.2, -0.15) is 0 Å². The summed E-state index contributed by atoms with van der Waals surface area (Å²) in [6.07, 6.45) is 0.250. The molecule has 0 heterocycles. The van der Waals surface area contributed by atoms with Gasteiger partial charge in [-0.3, -0.25) is 4.79 Å². The summed E-state index contributed by atoms with van der Waals surface area (Å²) in [6, 6.07) is 13.6. The van der Waals surface area contributed by atoms with E-state index in [1.165, 1.54) is 19.1 Å². The fraction of sp³-hybridized carbons (Fsp3) is 0.158. The van der Waals surface area contributed by atoms with Crippen LogP contribution >= 0.6 is 0 Å². The molecule has 5 heteroatoms. The SMILES string of the molecule is C=CCOC(=O)OC(=O)C(C)c1ccc(-c2ccccc2)c(F)c1. The molecular weight excluding hydrogens is 311 g/mol. The lowest BCUT2D eigenvalue weighted by Crippen LogP contribution is -2.19. The van der Waals surface area contributed by atoms with E-state index in [-0.39, 0.29) is 6.61 Å². The van der Waals surface area contributed by atoms with Crippen LogP contribution in [-0.4, -0.2) is 18.7 Å². The number of hydrogen-bond donors (Lipinski definition) is 0. The summed E-state index contributed by atoms with van der Waals surface area (Å²) < 4.78 is 23.5. The number of benzene rings is 2. The standard InChI is InChI=1S/C19H17FO4/c1-3-11-23-19(22)24-18(21)13(2)15-9-10-16(17(20)12-15)14-7-5-4-6-8-14/h3-10,12-13H,1,11H2,2H3. The minimum absolute atomic E-state index is 0.0547. The molecule has 2 aromatic carbocycles. The Morgan fingerprint density at radius 1 is 1.21 bits per heavy atom. The van der Waals surface area contributed by atoms with Gasteiger partial charge in [0.2, 0.25) is 0 Å². The highest BCUT2D eigenvalue weighted by Gasteiger charge is 2.22. The number of hydrogen-bond acceptors (Lipinski definition) is 4. The van der Waals surface area contributed by atoms with Gasteiger partial charge in [-0.05, 0) is 24.1 Å². The smallest absolute Gasteiger partial charge is 0.430 e. The third-order valence-corrected chi connectivity index (χ3v) is 3.43. The van der Waals surface area contributed by atoms with E-state index >= 15 is 0 Å². The number of esters is 1. The van der Waals surface area contributed by atoms with Crippen LogP contribution in [0.3, 0.4) is 0 Å². The average molecular weight is 328 g/mol. The van der Waals surface area contributed by atoms with Gasteiger partial charge in [0, 0.05) is 5.56 Å². The van der Waals surface area contributed by atoms with Crippen molar-refractivity contribution in [3.05, 3.63) is 72.6 Å². The van der Waals surface area contributed by atoms with Crippen molar-refractivity contribution in [2.75, 3.05) is 6.61 Å². The van der Waals surface area contributed by atoms with Crippen LogP contribution in [0.15, 0.2) is 61.2 Å². The van der Waals surface area contributed by atoms with E-state index in [9.17, 15) is 14.0 Å². The summed E-state index contributed by atoms with van der Waals surface area (Å²) in [5, 5.41) is 0. The third-order valence-electron chi connectivity index (χ3n) is 3.43. The van der Waals surface area contributed by atoms with Gasteiger partial charge in [0.1, 0.15) is 12.4 Å². The van der Waals surface area contributed by atoms with Crippen molar-refractivity contribution in [2.24, 2.45) is 0 Å². The van der Waals surface area contributed by atoms with Gasteiger partial charge >= 0.3 is 12.1 Å². The van der Waals surface area contributed by atoms with E-state index < -0.39 is 23.9 Å². The molecule has 0 saturated carbocycles. The molecule has 1 atom stereocenters. The first-order valence-corrected chi connectivity index (χ1v) is 7.37. The number of carbonyl (C=O) groups excluding carboxylic acids is 2. The first kappa shape index (κ1) is 17.4. The lowest BCUT2D eigenvalue weighted by molar-refractivity contribution is -0.141. The van der Waals surface area contributed by atoms with Crippen molar-refractivity contribution in [2.45, 2.75) is 12.8 Å². The van der Waals surface area contributed by atoms with Crippen LogP contribution in [0.4, 0.5) is 9.18 Å². The maximum atomic E-state index is 14.3. The first-order valence-electron chi connectivity index (χ1n) is 7.37. The summed E-state index contributed by atoms with van der Waals surface area (Å²) in [6.45, 7) is 4.85. The van der Waals surface area contributed by atoms with Gasteiger partial charge < -0.3 is 9.47 Å². The van der Waals surface area contributed by atoms with Crippen LogP contribution in [-0.2, 0) is 14.3 Å². The van der Waals surface area contributed by atoms with Crippen molar-refractivity contribution in [3.63, 3.8) is 0 Å². The minimum Gasteiger partial charge on any atom is -0.430 e. The highest BCUT2D eigenvalue weighted by molar-refractivity contribution is 5.86. The zero-order valence-electron chi connectivity index (χ0n) is 13.2. The van der Waals surface area contributed by atoms with E-state index in [0.717, 1.165) is 5.56 Å². The summed E-state index contributed by atoms with van der Waals surface area (Å²) >= 11 is 0. The van der Waals surface area contributed by atoms with Gasteiger partial charge in [0.05, 0.1) is 5.92 Å². The molecule has 124 valence electrons. The zero-order chi connectivity index (χ0) is 17.5. The summed E-state index contributed by atoms with van der Waals surface area (Å²) in [7, 11) is 0. The van der Waals surface area contributed by atoms with Crippen LogP contribution in [0.1, 0.15) is 18.4 Å². The maximum absolute atomic E-state index is 14.3. The molecule has 2 aromatic rings. The fourth-order valence-electron chi connectivity index (χ4n) is 2.12. The average Bonchev–Trinajstić information content (AvgIpc) is 2.59. The predicted molar refractivity (Wildman–Crippen MR) is 87.9 cm³/mol. The Bertz CT molecular complexity index is 740. The van der Waals surface area contributed by atoms with Crippen LogP contribution in [0.5, 0.6) is 0 Å². The molecular formula is C19H17FO4. The van der Waals surface area contributed by atoms with Crippen LogP contribution in [0, 0.1) is 5.82 Å². The summed E-state index contributed by atoms with van der Waals surface area (Å²) in [4.78, 5) is 23.2. The summed E-state index contributed by atoms with van der Waals surface area (Å²) in [5.41, 5.74) is 1.59. The van der Waals surface area contributed by atoms with E-state index in [4.69, 9.17) is 0 Å². The van der Waals surface area contributed by atoms with Gasteiger partial charge in [-0.15, -0.1) is 0 Å². The van der Waals surface area contributed by atoms with Crippen molar-refractivity contribution in [1.82, 2.24) is 0 Å². The lowest BCUT2D eigenvalue weighted by atomic mass is 9.97. The van der Waals surface area contributed by atoms with Crippen molar-refractivity contribution >= 4 is 12.1 Å². The first-order chi connectivity index (χ1) is 11.5. The lowest BCUT2D eigenvalue weighted by Gasteiger charge is -2.12. The quantitative estimate of drug-likeness (QED) is 0.462. The normalized spacial score (nSPS) is 11.4.